The molecule has 2 aromatic heterocycles. The maximum absolute atomic E-state index is 13.3. The Labute approximate surface area is 203 Å². The zero-order chi connectivity index (χ0) is 23.8. The van der Waals surface area contributed by atoms with Crippen LogP contribution in [0.4, 0.5) is 5.82 Å². The number of halogens is 1. The van der Waals surface area contributed by atoms with Crippen LogP contribution in [0, 0.1) is 5.92 Å². The first-order valence-electron chi connectivity index (χ1n) is 11.6. The van der Waals surface area contributed by atoms with Crippen molar-refractivity contribution in [1.82, 2.24) is 24.8 Å². The third-order valence-electron chi connectivity index (χ3n) is 6.45. The third kappa shape index (κ3) is 4.72. The van der Waals surface area contributed by atoms with E-state index in [0.717, 1.165) is 51.1 Å². The quantitative estimate of drug-likeness (QED) is 0.424. The minimum absolute atomic E-state index is 0.145. The number of anilines is 1. The fourth-order valence-corrected chi connectivity index (χ4v) is 5.12. The van der Waals surface area contributed by atoms with Crippen LogP contribution in [-0.2, 0) is 17.9 Å². The first-order chi connectivity index (χ1) is 16.4. The number of piperazine rings is 1. The van der Waals surface area contributed by atoms with Crippen molar-refractivity contribution in [3.63, 3.8) is 0 Å². The van der Waals surface area contributed by atoms with E-state index in [1.807, 2.05) is 41.3 Å². The Morgan fingerprint density at radius 2 is 2.00 bits per heavy atom. The number of benzene rings is 2. The summed E-state index contributed by atoms with van der Waals surface area (Å²) in [6, 6.07) is 14.1. The van der Waals surface area contributed by atoms with Crippen molar-refractivity contribution >= 4 is 45.1 Å². The Balaban J connectivity index is 1.35. The number of nitrogens with one attached hydrogen (secondary N) is 1. The van der Waals surface area contributed by atoms with Crippen LogP contribution in [0.25, 0.3) is 21.8 Å². The molecule has 4 aromatic rings. The molecule has 3 N–H and O–H groups in total. The molecule has 0 bridgehead atoms. The number of nitrogens with two attached hydrogens (primary N) is 1. The Bertz CT molecular complexity index is 1350. The summed E-state index contributed by atoms with van der Waals surface area (Å²) < 4.78 is 0. The molecule has 0 unspecified atom stereocenters. The number of aromatic amines is 1. The van der Waals surface area contributed by atoms with E-state index in [1.54, 1.807) is 0 Å². The second-order valence-electron chi connectivity index (χ2n) is 9.61. The molecule has 0 spiro atoms. The van der Waals surface area contributed by atoms with Gasteiger partial charge in [-0.15, -0.1) is 0 Å². The number of carbonyl (C=O) groups is 1. The van der Waals surface area contributed by atoms with Crippen LogP contribution >= 0.6 is 11.6 Å². The van der Waals surface area contributed by atoms with E-state index < -0.39 is 0 Å². The van der Waals surface area contributed by atoms with Crippen molar-refractivity contribution in [3.8, 4) is 0 Å². The number of H-pyrrole nitrogens is 1. The lowest BCUT2D eigenvalue weighted by Crippen LogP contribution is -2.56. The summed E-state index contributed by atoms with van der Waals surface area (Å²) in [7, 11) is 0. The summed E-state index contributed by atoms with van der Waals surface area (Å²) in [6.07, 6.45) is 2.43. The number of rotatable bonds is 6. The number of hydrogen-bond acceptors (Lipinski definition) is 5. The topological polar surface area (TPSA) is 91.1 Å². The molecule has 34 heavy (non-hydrogen) atoms. The molecule has 0 radical (unpaired) electrons. The summed E-state index contributed by atoms with van der Waals surface area (Å²) in [6.45, 7) is 6.91. The van der Waals surface area contributed by atoms with Crippen LogP contribution < -0.4 is 5.73 Å². The van der Waals surface area contributed by atoms with Crippen LogP contribution in [0.1, 0.15) is 31.5 Å². The summed E-state index contributed by atoms with van der Waals surface area (Å²) in [5, 5.41) is 2.65. The van der Waals surface area contributed by atoms with Crippen molar-refractivity contribution < 1.29 is 4.79 Å². The zero-order valence-electron chi connectivity index (χ0n) is 19.5. The lowest BCUT2D eigenvalue weighted by atomic mass is 9.98. The summed E-state index contributed by atoms with van der Waals surface area (Å²) in [5.74, 6) is 1.11. The number of nitrogens with zero attached hydrogens (tertiary/aromatic N) is 4. The SMILES string of the molecule is CC(C)C[C@@H]1CN(Cc2cc3cc(Cl)ccc3[nH]2)CC(=O)N1Cc1ccc2c(N)ncnc2c1. The minimum Gasteiger partial charge on any atom is -0.383 e. The summed E-state index contributed by atoms with van der Waals surface area (Å²) >= 11 is 6.14. The molecule has 2 aromatic carbocycles. The first-order valence-corrected chi connectivity index (χ1v) is 12.0. The third-order valence-corrected chi connectivity index (χ3v) is 6.68. The van der Waals surface area contributed by atoms with Gasteiger partial charge in [0, 0.05) is 52.7 Å². The van der Waals surface area contributed by atoms with Crippen LogP contribution in [0.3, 0.4) is 0 Å². The number of nitrogen functional groups attached to an aromatic ring is 1. The number of aromatic nitrogens is 3. The molecule has 1 aliphatic rings. The number of carbonyl (C=O) groups excluding carboxylic acids is 1. The molecular weight excluding hydrogens is 448 g/mol. The second-order valence-corrected chi connectivity index (χ2v) is 10.0. The molecule has 1 saturated heterocycles. The number of amides is 1. The average Bonchev–Trinajstić information content (AvgIpc) is 3.17. The zero-order valence-corrected chi connectivity index (χ0v) is 20.2. The van der Waals surface area contributed by atoms with Gasteiger partial charge in [0.2, 0.25) is 5.91 Å². The van der Waals surface area contributed by atoms with Crippen molar-refractivity contribution in [2.45, 2.75) is 39.4 Å². The molecule has 5 rings (SSSR count). The molecule has 3 heterocycles. The van der Waals surface area contributed by atoms with E-state index in [0.29, 0.717) is 31.4 Å². The number of fused-ring (bicyclic) bond motifs is 2. The fourth-order valence-electron chi connectivity index (χ4n) is 4.94. The van der Waals surface area contributed by atoms with Crippen LogP contribution in [0.5, 0.6) is 0 Å². The molecule has 1 fully saturated rings. The Hall–Kier alpha value is -3.16. The van der Waals surface area contributed by atoms with Gasteiger partial charge >= 0.3 is 0 Å². The molecule has 0 saturated carbocycles. The molecule has 1 atom stereocenters. The Morgan fingerprint density at radius 3 is 2.82 bits per heavy atom. The fraction of sp³-hybridized carbons (Fsp3) is 0.346. The van der Waals surface area contributed by atoms with Gasteiger partial charge in [0.15, 0.2) is 0 Å². The van der Waals surface area contributed by atoms with Gasteiger partial charge in [-0.05, 0) is 54.3 Å². The predicted molar refractivity (Wildman–Crippen MR) is 136 cm³/mol. The van der Waals surface area contributed by atoms with Gasteiger partial charge in [0.1, 0.15) is 12.1 Å². The van der Waals surface area contributed by atoms with Crippen LogP contribution in [-0.4, -0.2) is 49.8 Å². The minimum atomic E-state index is 0.145. The maximum Gasteiger partial charge on any atom is 0.237 e. The van der Waals surface area contributed by atoms with Crippen molar-refractivity contribution in [2.75, 3.05) is 18.8 Å². The van der Waals surface area contributed by atoms with E-state index in [-0.39, 0.29) is 11.9 Å². The van der Waals surface area contributed by atoms with E-state index in [9.17, 15) is 4.79 Å². The van der Waals surface area contributed by atoms with Gasteiger partial charge in [-0.3, -0.25) is 9.69 Å². The lowest BCUT2D eigenvalue weighted by molar-refractivity contribution is -0.141. The van der Waals surface area contributed by atoms with Crippen LogP contribution in [0.2, 0.25) is 5.02 Å². The molecule has 0 aliphatic carbocycles. The largest absolute Gasteiger partial charge is 0.383 e. The number of hydrogen-bond donors (Lipinski definition) is 2. The standard InChI is InChI=1S/C26H29ClN6O/c1-16(2)7-21-13-32(12-20-10-18-9-19(27)4-6-23(18)31-20)14-25(34)33(21)11-17-3-5-22-24(8-17)29-15-30-26(22)28/h3-6,8-10,15-16,21,31H,7,11-14H2,1-2H3,(H2,28,29,30)/t21-/m1/s1. The summed E-state index contributed by atoms with van der Waals surface area (Å²) in [5.41, 5.74) is 9.97. The Morgan fingerprint density at radius 1 is 1.15 bits per heavy atom. The molecule has 7 nitrogen and oxygen atoms in total. The van der Waals surface area contributed by atoms with E-state index in [2.05, 4.69) is 39.8 Å². The average molecular weight is 477 g/mol. The second kappa shape index (κ2) is 9.24. The highest BCUT2D eigenvalue weighted by atomic mass is 35.5. The van der Waals surface area contributed by atoms with Crippen molar-refractivity contribution in [1.29, 1.82) is 0 Å². The molecule has 176 valence electrons. The van der Waals surface area contributed by atoms with Crippen LogP contribution in [0.15, 0.2) is 48.8 Å². The highest BCUT2D eigenvalue weighted by Crippen LogP contribution is 2.26. The maximum atomic E-state index is 13.3. The normalized spacial score (nSPS) is 17.4. The first kappa shape index (κ1) is 22.6. The smallest absolute Gasteiger partial charge is 0.237 e. The van der Waals surface area contributed by atoms with E-state index in [4.69, 9.17) is 17.3 Å². The predicted octanol–water partition coefficient (Wildman–Crippen LogP) is 4.61. The molecule has 1 amide bonds. The van der Waals surface area contributed by atoms with Gasteiger partial charge in [0.25, 0.3) is 0 Å². The summed E-state index contributed by atoms with van der Waals surface area (Å²) in [4.78, 5) is 29.5. The molecule has 8 heteroatoms. The molecule has 1 aliphatic heterocycles. The van der Waals surface area contributed by atoms with E-state index >= 15 is 0 Å². The van der Waals surface area contributed by atoms with Gasteiger partial charge < -0.3 is 15.6 Å². The van der Waals surface area contributed by atoms with Gasteiger partial charge in [-0.2, -0.15) is 0 Å². The monoisotopic (exact) mass is 476 g/mol. The molecular formula is C26H29ClN6O. The van der Waals surface area contributed by atoms with Crippen molar-refractivity contribution in [2.24, 2.45) is 5.92 Å². The highest BCUT2D eigenvalue weighted by molar-refractivity contribution is 6.31. The Kier molecular flexibility index (Phi) is 6.15. The lowest BCUT2D eigenvalue weighted by Gasteiger charge is -2.42. The van der Waals surface area contributed by atoms with E-state index in [1.165, 1.54) is 6.33 Å². The van der Waals surface area contributed by atoms with Crippen molar-refractivity contribution in [3.05, 3.63) is 65.1 Å². The van der Waals surface area contributed by atoms with Gasteiger partial charge in [0.05, 0.1) is 12.1 Å². The van der Waals surface area contributed by atoms with Gasteiger partial charge in [-0.25, -0.2) is 9.97 Å². The van der Waals surface area contributed by atoms with Gasteiger partial charge in [-0.1, -0.05) is 31.5 Å². The highest BCUT2D eigenvalue weighted by Gasteiger charge is 2.33.